The van der Waals surface area contributed by atoms with Gasteiger partial charge in [-0.05, 0) is 23.5 Å². The van der Waals surface area contributed by atoms with Crippen LogP contribution < -0.4 is 4.72 Å². The van der Waals surface area contributed by atoms with Crippen molar-refractivity contribution in [3.63, 3.8) is 0 Å². The van der Waals surface area contributed by atoms with E-state index in [1.165, 1.54) is 12.1 Å². The predicted molar refractivity (Wildman–Crippen MR) is 84.9 cm³/mol. The molecule has 1 rings (SSSR count). The summed E-state index contributed by atoms with van der Waals surface area (Å²) in [5, 5.41) is 0. The van der Waals surface area contributed by atoms with Gasteiger partial charge < -0.3 is 0 Å². The number of hydrogen-bond donors (Lipinski definition) is 1. The Morgan fingerprint density at radius 2 is 1.90 bits per heavy atom. The number of carbonyl (C=O) groups excluding carboxylic acids is 1. The summed E-state index contributed by atoms with van der Waals surface area (Å²) in [7, 11) is -3.58. The summed E-state index contributed by atoms with van der Waals surface area (Å²) >= 11 is 0. The molecule has 1 aromatic carbocycles. The van der Waals surface area contributed by atoms with Gasteiger partial charge in [0.05, 0.1) is 4.90 Å². The standard InChI is InChI=1S/C16H25NO3S/c1-6-15(18)13-8-7-9-14(10-13)21(19,20)17-11-12(2)16(3,4)5/h7-10,12,17H,6,11H2,1-5H3. The van der Waals surface area contributed by atoms with Crippen LogP contribution >= 0.6 is 0 Å². The van der Waals surface area contributed by atoms with E-state index in [1.807, 2.05) is 6.92 Å². The smallest absolute Gasteiger partial charge is 0.240 e. The lowest BCUT2D eigenvalue weighted by Gasteiger charge is -2.27. The molecule has 0 aliphatic heterocycles. The van der Waals surface area contributed by atoms with Gasteiger partial charge in [0.2, 0.25) is 10.0 Å². The molecule has 0 radical (unpaired) electrons. The first kappa shape index (κ1) is 17.9. The summed E-state index contributed by atoms with van der Waals surface area (Å²) in [6.45, 7) is 10.4. The zero-order chi connectivity index (χ0) is 16.3. The molecule has 5 heteroatoms. The quantitative estimate of drug-likeness (QED) is 0.820. The number of nitrogens with one attached hydrogen (secondary N) is 1. The van der Waals surface area contributed by atoms with Crippen molar-refractivity contribution in [2.75, 3.05) is 6.54 Å². The van der Waals surface area contributed by atoms with Crippen LogP contribution in [0.1, 0.15) is 51.4 Å². The van der Waals surface area contributed by atoms with Crippen LogP contribution in [0.25, 0.3) is 0 Å². The third-order valence-electron chi connectivity index (χ3n) is 3.85. The van der Waals surface area contributed by atoms with Crippen LogP contribution in [0.3, 0.4) is 0 Å². The highest BCUT2D eigenvalue weighted by molar-refractivity contribution is 7.89. The average Bonchev–Trinajstić information content (AvgIpc) is 2.43. The molecule has 0 aromatic heterocycles. The third-order valence-corrected chi connectivity index (χ3v) is 5.27. The van der Waals surface area contributed by atoms with Gasteiger partial charge in [-0.15, -0.1) is 0 Å². The summed E-state index contributed by atoms with van der Waals surface area (Å²) in [5.41, 5.74) is 0.465. The first-order valence-electron chi connectivity index (χ1n) is 7.21. The first-order chi connectivity index (χ1) is 9.58. The maximum absolute atomic E-state index is 12.3. The fraction of sp³-hybridized carbons (Fsp3) is 0.562. The molecule has 0 saturated heterocycles. The fourth-order valence-corrected chi connectivity index (χ4v) is 2.84. The molecule has 0 heterocycles. The van der Waals surface area contributed by atoms with E-state index in [1.54, 1.807) is 19.1 Å². The van der Waals surface area contributed by atoms with E-state index in [-0.39, 0.29) is 22.0 Å². The average molecular weight is 311 g/mol. The van der Waals surface area contributed by atoms with Crippen molar-refractivity contribution in [3.05, 3.63) is 29.8 Å². The van der Waals surface area contributed by atoms with E-state index in [4.69, 9.17) is 0 Å². The van der Waals surface area contributed by atoms with Crippen molar-refractivity contribution in [1.82, 2.24) is 4.72 Å². The van der Waals surface area contributed by atoms with E-state index in [2.05, 4.69) is 25.5 Å². The maximum atomic E-state index is 12.3. The van der Waals surface area contributed by atoms with E-state index in [9.17, 15) is 13.2 Å². The summed E-state index contributed by atoms with van der Waals surface area (Å²) in [6, 6.07) is 6.19. The van der Waals surface area contributed by atoms with Gasteiger partial charge in [0.25, 0.3) is 0 Å². The molecule has 1 atom stereocenters. The summed E-state index contributed by atoms with van der Waals surface area (Å²) in [5.74, 6) is 0.142. The molecule has 0 fully saturated rings. The highest BCUT2D eigenvalue weighted by Crippen LogP contribution is 2.25. The number of hydrogen-bond acceptors (Lipinski definition) is 3. The number of Topliss-reactive ketones (excluding diaryl/α,β-unsaturated/α-hetero) is 1. The molecule has 1 aromatic rings. The largest absolute Gasteiger partial charge is 0.294 e. The Bertz CT molecular complexity index is 600. The van der Waals surface area contributed by atoms with Gasteiger partial charge >= 0.3 is 0 Å². The van der Waals surface area contributed by atoms with Gasteiger partial charge in [-0.25, -0.2) is 13.1 Å². The lowest BCUT2D eigenvalue weighted by atomic mass is 9.82. The molecular formula is C16H25NO3S. The first-order valence-corrected chi connectivity index (χ1v) is 8.69. The van der Waals surface area contributed by atoms with Crippen molar-refractivity contribution in [3.8, 4) is 0 Å². The molecule has 0 bridgehead atoms. The lowest BCUT2D eigenvalue weighted by molar-refractivity contribution is 0.0988. The molecule has 0 amide bonds. The van der Waals surface area contributed by atoms with Crippen LogP contribution in [-0.4, -0.2) is 20.7 Å². The Morgan fingerprint density at radius 3 is 2.43 bits per heavy atom. The monoisotopic (exact) mass is 311 g/mol. The van der Waals surface area contributed by atoms with Gasteiger partial charge in [-0.3, -0.25) is 4.79 Å². The topological polar surface area (TPSA) is 63.2 Å². The minimum atomic E-state index is -3.58. The van der Waals surface area contributed by atoms with Crippen molar-refractivity contribution in [2.24, 2.45) is 11.3 Å². The minimum Gasteiger partial charge on any atom is -0.294 e. The molecule has 1 unspecified atom stereocenters. The summed E-state index contributed by atoms with van der Waals surface area (Å²) in [4.78, 5) is 11.8. The van der Waals surface area contributed by atoms with E-state index in [0.29, 0.717) is 18.5 Å². The Labute approximate surface area is 128 Å². The van der Waals surface area contributed by atoms with Crippen LogP contribution in [0, 0.1) is 11.3 Å². The molecular weight excluding hydrogens is 286 g/mol. The highest BCUT2D eigenvalue weighted by atomic mass is 32.2. The van der Waals surface area contributed by atoms with Crippen LogP contribution in [0.2, 0.25) is 0 Å². The van der Waals surface area contributed by atoms with E-state index in [0.717, 1.165) is 0 Å². The SMILES string of the molecule is CCC(=O)c1cccc(S(=O)(=O)NCC(C)C(C)(C)C)c1. The minimum absolute atomic E-state index is 0.0303. The molecule has 0 aliphatic rings. The van der Waals surface area contributed by atoms with Gasteiger partial charge in [0.1, 0.15) is 0 Å². The molecule has 1 N–H and O–H groups in total. The van der Waals surface area contributed by atoms with Crippen LogP contribution in [-0.2, 0) is 10.0 Å². The van der Waals surface area contributed by atoms with Crippen LogP contribution in [0.15, 0.2) is 29.2 Å². The van der Waals surface area contributed by atoms with Crippen molar-refractivity contribution < 1.29 is 13.2 Å². The number of ketones is 1. The number of rotatable bonds is 6. The van der Waals surface area contributed by atoms with Gasteiger partial charge in [-0.1, -0.05) is 46.8 Å². The predicted octanol–water partition coefficient (Wildman–Crippen LogP) is 3.24. The van der Waals surface area contributed by atoms with Gasteiger partial charge in [0.15, 0.2) is 5.78 Å². The van der Waals surface area contributed by atoms with Crippen molar-refractivity contribution in [2.45, 2.75) is 45.9 Å². The third kappa shape index (κ3) is 4.93. The second-order valence-corrected chi connectivity index (χ2v) is 8.19. The molecule has 0 spiro atoms. The molecule has 21 heavy (non-hydrogen) atoms. The Hall–Kier alpha value is -1.20. The van der Waals surface area contributed by atoms with Crippen LogP contribution in [0.5, 0.6) is 0 Å². The lowest BCUT2D eigenvalue weighted by Crippen LogP contribution is -2.33. The number of benzene rings is 1. The van der Waals surface area contributed by atoms with Crippen molar-refractivity contribution in [1.29, 1.82) is 0 Å². The molecule has 118 valence electrons. The normalized spacial score (nSPS) is 14.0. The highest BCUT2D eigenvalue weighted by Gasteiger charge is 2.23. The maximum Gasteiger partial charge on any atom is 0.240 e. The molecule has 4 nitrogen and oxygen atoms in total. The molecule has 0 saturated carbocycles. The Kier molecular flexibility index (Phi) is 5.70. The Balaban J connectivity index is 2.91. The number of sulfonamides is 1. The fourth-order valence-electron chi connectivity index (χ4n) is 1.67. The second kappa shape index (κ2) is 6.71. The van der Waals surface area contributed by atoms with Crippen LogP contribution in [0.4, 0.5) is 0 Å². The Morgan fingerprint density at radius 1 is 1.29 bits per heavy atom. The summed E-state index contributed by atoms with van der Waals surface area (Å²) < 4.78 is 27.2. The zero-order valence-corrected chi connectivity index (χ0v) is 14.3. The van der Waals surface area contributed by atoms with Crippen molar-refractivity contribution >= 4 is 15.8 Å². The van der Waals surface area contributed by atoms with E-state index < -0.39 is 10.0 Å². The van der Waals surface area contributed by atoms with E-state index >= 15 is 0 Å². The summed E-state index contributed by atoms with van der Waals surface area (Å²) in [6.07, 6.45) is 0.359. The van der Waals surface area contributed by atoms with Gasteiger partial charge in [-0.2, -0.15) is 0 Å². The second-order valence-electron chi connectivity index (χ2n) is 6.42. The zero-order valence-electron chi connectivity index (χ0n) is 13.4. The van der Waals surface area contributed by atoms with Gasteiger partial charge in [0, 0.05) is 18.5 Å². The molecule has 0 aliphatic carbocycles. The number of carbonyl (C=O) groups is 1.